The van der Waals surface area contributed by atoms with Gasteiger partial charge < -0.3 is 16.0 Å². The molecule has 2 atom stereocenters. The number of nitrogens with two attached hydrogens (primary N) is 1. The van der Waals surface area contributed by atoms with Crippen LogP contribution in [-0.4, -0.2) is 29.6 Å². The first-order chi connectivity index (χ1) is 8.97. The zero-order valence-corrected chi connectivity index (χ0v) is 12.1. The number of nitrogens with zero attached hydrogens (tertiary/aromatic N) is 1. The minimum absolute atomic E-state index is 0.0840. The van der Waals surface area contributed by atoms with Crippen LogP contribution < -0.4 is 11.1 Å². The van der Waals surface area contributed by atoms with E-state index in [1.807, 2.05) is 30.9 Å². The normalized spacial score (nSPS) is 23.3. The van der Waals surface area contributed by atoms with Crippen LogP contribution in [0.5, 0.6) is 0 Å². The van der Waals surface area contributed by atoms with Gasteiger partial charge in [-0.1, -0.05) is 17.7 Å². The molecule has 19 heavy (non-hydrogen) atoms. The van der Waals surface area contributed by atoms with E-state index in [0.717, 1.165) is 24.1 Å². The molecule has 0 spiro atoms. The Morgan fingerprint density at radius 3 is 2.89 bits per heavy atom. The monoisotopic (exact) mass is 281 g/mol. The van der Waals surface area contributed by atoms with Crippen LogP contribution in [0.3, 0.4) is 0 Å². The Bertz CT molecular complexity index is 478. The zero-order chi connectivity index (χ0) is 14.0. The van der Waals surface area contributed by atoms with Gasteiger partial charge in [-0.25, -0.2) is 4.79 Å². The van der Waals surface area contributed by atoms with Crippen molar-refractivity contribution in [1.29, 1.82) is 0 Å². The maximum absolute atomic E-state index is 12.2. The first-order valence-corrected chi connectivity index (χ1v) is 6.94. The number of aryl methyl sites for hydroxylation is 1. The van der Waals surface area contributed by atoms with E-state index in [2.05, 4.69) is 5.32 Å². The van der Waals surface area contributed by atoms with Gasteiger partial charge in [0.2, 0.25) is 0 Å². The van der Waals surface area contributed by atoms with Crippen molar-refractivity contribution in [2.24, 2.45) is 5.73 Å². The maximum Gasteiger partial charge on any atom is 0.322 e. The molecule has 5 heteroatoms. The number of carbonyl (C=O) groups excluding carboxylic acids is 1. The Labute approximate surface area is 118 Å². The quantitative estimate of drug-likeness (QED) is 0.831. The number of hydrogen-bond donors (Lipinski definition) is 2. The average Bonchev–Trinajstić information content (AvgIpc) is 2.33. The molecule has 1 aliphatic rings. The van der Waals surface area contributed by atoms with Crippen molar-refractivity contribution in [1.82, 2.24) is 4.90 Å². The molecule has 0 aliphatic carbocycles. The van der Waals surface area contributed by atoms with Gasteiger partial charge in [0.05, 0.1) is 0 Å². The molecule has 1 aromatic rings. The number of likely N-dealkylation sites (tertiary alicyclic amines) is 1. The van der Waals surface area contributed by atoms with Crippen molar-refractivity contribution in [3.63, 3.8) is 0 Å². The summed E-state index contributed by atoms with van der Waals surface area (Å²) >= 11 is 6.05. The molecule has 1 saturated heterocycles. The minimum atomic E-state index is -0.0840. The summed E-state index contributed by atoms with van der Waals surface area (Å²) in [5.41, 5.74) is 7.62. The third kappa shape index (κ3) is 3.39. The summed E-state index contributed by atoms with van der Waals surface area (Å²) in [7, 11) is 0. The third-order valence-electron chi connectivity index (χ3n) is 3.60. The summed E-state index contributed by atoms with van der Waals surface area (Å²) in [6, 6.07) is 5.82. The number of benzene rings is 1. The van der Waals surface area contributed by atoms with Crippen molar-refractivity contribution < 1.29 is 4.79 Å². The van der Waals surface area contributed by atoms with Gasteiger partial charge >= 0.3 is 6.03 Å². The molecule has 4 nitrogen and oxygen atoms in total. The smallest absolute Gasteiger partial charge is 0.322 e. The number of anilines is 1. The predicted molar refractivity (Wildman–Crippen MR) is 78.6 cm³/mol. The van der Waals surface area contributed by atoms with E-state index in [4.69, 9.17) is 17.3 Å². The topological polar surface area (TPSA) is 58.4 Å². The lowest BCUT2D eigenvalue weighted by molar-refractivity contribution is 0.163. The van der Waals surface area contributed by atoms with E-state index in [-0.39, 0.29) is 18.1 Å². The summed E-state index contributed by atoms with van der Waals surface area (Å²) in [5, 5.41) is 3.55. The summed E-state index contributed by atoms with van der Waals surface area (Å²) in [5.74, 6) is 0. The van der Waals surface area contributed by atoms with Gasteiger partial charge in [0.25, 0.3) is 0 Å². The number of piperidine rings is 1. The predicted octanol–water partition coefficient (Wildman–Crippen LogP) is 2.99. The van der Waals surface area contributed by atoms with E-state index < -0.39 is 0 Å². The molecule has 0 bridgehead atoms. The molecule has 3 N–H and O–H groups in total. The van der Waals surface area contributed by atoms with Crippen LogP contribution in [0.2, 0.25) is 5.02 Å². The number of nitrogens with one attached hydrogen (secondary N) is 1. The second-order valence-corrected chi connectivity index (χ2v) is 5.63. The van der Waals surface area contributed by atoms with E-state index in [1.165, 1.54) is 0 Å². The molecule has 1 fully saturated rings. The SMILES string of the molecule is Cc1ccc(NC(=O)N2CCC(N)CC2C)cc1Cl. The fourth-order valence-electron chi connectivity index (χ4n) is 2.38. The van der Waals surface area contributed by atoms with E-state index in [1.54, 1.807) is 6.07 Å². The lowest BCUT2D eigenvalue weighted by atomic mass is 10.00. The minimum Gasteiger partial charge on any atom is -0.328 e. The van der Waals surface area contributed by atoms with Crippen molar-refractivity contribution in [2.45, 2.75) is 38.8 Å². The summed E-state index contributed by atoms with van der Waals surface area (Å²) in [6.07, 6.45) is 1.70. The molecule has 2 unspecified atom stereocenters. The Kier molecular flexibility index (Phi) is 4.32. The maximum atomic E-state index is 12.2. The van der Waals surface area contributed by atoms with Crippen LogP contribution in [0.4, 0.5) is 10.5 Å². The largest absolute Gasteiger partial charge is 0.328 e. The Hall–Kier alpha value is -1.26. The number of urea groups is 1. The lowest BCUT2D eigenvalue weighted by Crippen LogP contribution is -2.49. The molecule has 0 radical (unpaired) electrons. The number of halogens is 1. The van der Waals surface area contributed by atoms with Gasteiger partial charge in [0, 0.05) is 29.3 Å². The Morgan fingerprint density at radius 2 is 2.26 bits per heavy atom. The van der Waals surface area contributed by atoms with Gasteiger partial charge in [-0.3, -0.25) is 0 Å². The number of amides is 2. The molecule has 0 saturated carbocycles. The highest BCUT2D eigenvalue weighted by Crippen LogP contribution is 2.22. The number of hydrogen-bond acceptors (Lipinski definition) is 2. The highest BCUT2D eigenvalue weighted by Gasteiger charge is 2.26. The molecule has 104 valence electrons. The van der Waals surface area contributed by atoms with Gasteiger partial charge in [-0.2, -0.15) is 0 Å². The second kappa shape index (κ2) is 5.80. The van der Waals surface area contributed by atoms with E-state index in [9.17, 15) is 4.79 Å². The Morgan fingerprint density at radius 1 is 1.53 bits per heavy atom. The van der Waals surface area contributed by atoms with Crippen LogP contribution in [0, 0.1) is 6.92 Å². The van der Waals surface area contributed by atoms with Crippen LogP contribution in [-0.2, 0) is 0 Å². The van der Waals surface area contributed by atoms with E-state index >= 15 is 0 Å². The summed E-state index contributed by atoms with van der Waals surface area (Å²) < 4.78 is 0. The molecule has 1 aliphatic heterocycles. The van der Waals surface area contributed by atoms with Crippen molar-refractivity contribution in [3.8, 4) is 0 Å². The first-order valence-electron chi connectivity index (χ1n) is 6.56. The molecule has 2 rings (SSSR count). The highest BCUT2D eigenvalue weighted by atomic mass is 35.5. The standard InChI is InChI=1S/C14H20ClN3O/c1-9-3-4-12(8-13(9)15)17-14(19)18-6-5-11(16)7-10(18)2/h3-4,8,10-11H,5-7,16H2,1-2H3,(H,17,19). The van der Waals surface area contributed by atoms with Gasteiger partial charge in [-0.05, 0) is 44.4 Å². The first kappa shape index (κ1) is 14.2. The highest BCUT2D eigenvalue weighted by molar-refractivity contribution is 6.31. The average molecular weight is 282 g/mol. The number of carbonyl (C=O) groups is 1. The van der Waals surface area contributed by atoms with E-state index in [0.29, 0.717) is 11.6 Å². The molecular formula is C14H20ClN3O. The van der Waals surface area contributed by atoms with Crippen LogP contribution in [0.25, 0.3) is 0 Å². The van der Waals surface area contributed by atoms with Crippen molar-refractivity contribution in [3.05, 3.63) is 28.8 Å². The van der Waals surface area contributed by atoms with Crippen LogP contribution >= 0.6 is 11.6 Å². The third-order valence-corrected chi connectivity index (χ3v) is 4.01. The van der Waals surface area contributed by atoms with Crippen molar-refractivity contribution in [2.75, 3.05) is 11.9 Å². The van der Waals surface area contributed by atoms with Crippen LogP contribution in [0.15, 0.2) is 18.2 Å². The molecule has 2 amide bonds. The fraction of sp³-hybridized carbons (Fsp3) is 0.500. The number of rotatable bonds is 1. The lowest BCUT2D eigenvalue weighted by Gasteiger charge is -2.36. The second-order valence-electron chi connectivity index (χ2n) is 5.22. The molecular weight excluding hydrogens is 262 g/mol. The molecule has 0 aromatic heterocycles. The summed E-state index contributed by atoms with van der Waals surface area (Å²) in [4.78, 5) is 14.0. The fourth-order valence-corrected chi connectivity index (χ4v) is 2.56. The van der Waals surface area contributed by atoms with Crippen molar-refractivity contribution >= 4 is 23.3 Å². The molecule has 1 heterocycles. The Balaban J connectivity index is 2.02. The van der Waals surface area contributed by atoms with Gasteiger partial charge in [0.15, 0.2) is 0 Å². The zero-order valence-electron chi connectivity index (χ0n) is 11.3. The molecule has 1 aromatic carbocycles. The van der Waals surface area contributed by atoms with Gasteiger partial charge in [-0.15, -0.1) is 0 Å². The van der Waals surface area contributed by atoms with Crippen LogP contribution in [0.1, 0.15) is 25.3 Å². The summed E-state index contributed by atoms with van der Waals surface area (Å²) in [6.45, 7) is 4.66. The van der Waals surface area contributed by atoms with Gasteiger partial charge in [0.1, 0.15) is 0 Å².